The Morgan fingerprint density at radius 1 is 0.870 bits per heavy atom. The van der Waals surface area contributed by atoms with E-state index in [1.165, 1.54) is 76.7 Å². The maximum Gasteiger partial charge on any atom is 0.0340 e. The fourth-order valence-corrected chi connectivity index (χ4v) is 3.85. The predicted octanol–water partition coefficient (Wildman–Crippen LogP) is 5.48. The second-order valence-corrected chi connectivity index (χ2v) is 6.79. The number of rotatable bonds is 6. The van der Waals surface area contributed by atoms with Crippen LogP contribution in [0.5, 0.6) is 0 Å². The van der Waals surface area contributed by atoms with E-state index in [4.69, 9.17) is 0 Å². The van der Waals surface area contributed by atoms with Gasteiger partial charge in [0.2, 0.25) is 0 Å². The molecule has 2 nitrogen and oxygen atoms in total. The first kappa shape index (κ1) is 20.6. The molecule has 0 unspecified atom stereocenters. The van der Waals surface area contributed by atoms with Crippen molar-refractivity contribution in [3.8, 4) is 0 Å². The van der Waals surface area contributed by atoms with Gasteiger partial charge in [0.15, 0.2) is 0 Å². The van der Waals surface area contributed by atoms with E-state index in [1.807, 2.05) is 0 Å². The molecule has 0 atom stereocenters. The van der Waals surface area contributed by atoms with Crippen LogP contribution in [-0.2, 0) is 0 Å². The molecule has 4 heteroatoms. The zero-order chi connectivity index (χ0) is 14.3. The molecular formula is C19H32Cl2N2. The number of benzene rings is 1. The van der Waals surface area contributed by atoms with Crippen molar-refractivity contribution in [3.63, 3.8) is 0 Å². The summed E-state index contributed by atoms with van der Waals surface area (Å²) in [7, 11) is 0. The first-order chi connectivity index (χ1) is 10.4. The molecule has 1 aliphatic heterocycles. The van der Waals surface area contributed by atoms with Crippen molar-refractivity contribution < 1.29 is 0 Å². The maximum atomic E-state index is 3.58. The van der Waals surface area contributed by atoms with Crippen LogP contribution in [-0.4, -0.2) is 31.1 Å². The minimum Gasteiger partial charge on any atom is -0.385 e. The highest BCUT2D eigenvalue weighted by molar-refractivity contribution is 5.85. The van der Waals surface area contributed by atoms with Crippen LogP contribution in [0, 0.1) is 0 Å². The van der Waals surface area contributed by atoms with E-state index in [0.717, 1.165) is 12.5 Å². The minimum atomic E-state index is 0. The normalized spacial score (nSPS) is 19.0. The van der Waals surface area contributed by atoms with E-state index in [1.54, 1.807) is 5.56 Å². The summed E-state index contributed by atoms with van der Waals surface area (Å²) in [5.41, 5.74) is 2.83. The number of likely N-dealkylation sites (tertiary alicyclic amines) is 1. The van der Waals surface area contributed by atoms with Crippen molar-refractivity contribution in [1.82, 2.24) is 4.90 Å². The molecule has 1 heterocycles. The van der Waals surface area contributed by atoms with Crippen LogP contribution in [0.1, 0.15) is 62.8 Å². The Morgan fingerprint density at radius 2 is 1.52 bits per heavy atom. The molecule has 1 aliphatic carbocycles. The van der Waals surface area contributed by atoms with Crippen molar-refractivity contribution in [2.24, 2.45) is 0 Å². The zero-order valence-corrected chi connectivity index (χ0v) is 15.8. The summed E-state index contributed by atoms with van der Waals surface area (Å²) in [5, 5.41) is 3.58. The number of nitrogens with zero attached hydrogens (tertiary/aromatic N) is 1. The molecule has 2 fully saturated rings. The molecule has 0 bridgehead atoms. The van der Waals surface area contributed by atoms with Gasteiger partial charge in [-0.05, 0) is 75.4 Å². The van der Waals surface area contributed by atoms with Crippen LogP contribution in [0.25, 0.3) is 0 Å². The maximum absolute atomic E-state index is 3.58. The van der Waals surface area contributed by atoms with E-state index in [2.05, 4.69) is 34.5 Å². The van der Waals surface area contributed by atoms with Gasteiger partial charge in [0.05, 0.1) is 0 Å². The van der Waals surface area contributed by atoms with Crippen LogP contribution in [0.15, 0.2) is 24.3 Å². The first-order valence-corrected chi connectivity index (χ1v) is 8.98. The number of halogens is 2. The van der Waals surface area contributed by atoms with Gasteiger partial charge >= 0.3 is 0 Å². The van der Waals surface area contributed by atoms with Crippen LogP contribution in [0.4, 0.5) is 5.69 Å². The number of hydrogen-bond acceptors (Lipinski definition) is 2. The Balaban J connectivity index is 0.00000132. The Morgan fingerprint density at radius 3 is 2.17 bits per heavy atom. The third-order valence-corrected chi connectivity index (χ3v) is 5.17. The average molecular weight is 359 g/mol. The van der Waals surface area contributed by atoms with Crippen molar-refractivity contribution in [2.45, 2.75) is 57.3 Å². The van der Waals surface area contributed by atoms with Crippen molar-refractivity contribution in [3.05, 3.63) is 29.8 Å². The lowest BCUT2D eigenvalue weighted by Crippen LogP contribution is -2.31. The largest absolute Gasteiger partial charge is 0.385 e. The lowest BCUT2D eigenvalue weighted by atomic mass is 9.98. The standard InChI is InChI=1S/C19H30N2.2ClH/c1-4-14-21(15-5-1)16-6-13-20-19-11-9-18(10-12-19)17-7-2-3-8-17;;/h9-12,17,20H,1-8,13-16H2;2*1H. The molecule has 0 radical (unpaired) electrons. The summed E-state index contributed by atoms with van der Waals surface area (Å²) in [6, 6.07) is 9.22. The molecule has 2 aliphatic rings. The molecule has 23 heavy (non-hydrogen) atoms. The highest BCUT2D eigenvalue weighted by Crippen LogP contribution is 2.34. The molecule has 0 spiro atoms. The molecule has 1 saturated carbocycles. The Kier molecular flexibility index (Phi) is 10.0. The van der Waals surface area contributed by atoms with Gasteiger partial charge in [0.25, 0.3) is 0 Å². The summed E-state index contributed by atoms with van der Waals surface area (Å²) < 4.78 is 0. The molecular weight excluding hydrogens is 327 g/mol. The van der Waals surface area contributed by atoms with Gasteiger partial charge in [-0.1, -0.05) is 31.4 Å². The second-order valence-electron chi connectivity index (χ2n) is 6.79. The van der Waals surface area contributed by atoms with Gasteiger partial charge in [0, 0.05) is 12.2 Å². The molecule has 0 aromatic heterocycles. The monoisotopic (exact) mass is 358 g/mol. The molecule has 1 N–H and O–H groups in total. The van der Waals surface area contributed by atoms with Gasteiger partial charge in [-0.3, -0.25) is 0 Å². The Labute approximate surface area is 154 Å². The van der Waals surface area contributed by atoms with Crippen LogP contribution >= 0.6 is 24.8 Å². The molecule has 1 aromatic carbocycles. The van der Waals surface area contributed by atoms with Crippen molar-refractivity contribution >= 4 is 30.5 Å². The molecule has 1 aromatic rings. The first-order valence-electron chi connectivity index (χ1n) is 8.98. The molecule has 0 amide bonds. The summed E-state index contributed by atoms with van der Waals surface area (Å²) >= 11 is 0. The highest BCUT2D eigenvalue weighted by Gasteiger charge is 2.16. The van der Waals surface area contributed by atoms with Crippen LogP contribution < -0.4 is 5.32 Å². The Bertz CT molecular complexity index is 410. The quantitative estimate of drug-likeness (QED) is 0.677. The van der Waals surface area contributed by atoms with Crippen molar-refractivity contribution in [2.75, 3.05) is 31.5 Å². The zero-order valence-electron chi connectivity index (χ0n) is 14.1. The van der Waals surface area contributed by atoms with E-state index >= 15 is 0 Å². The van der Waals surface area contributed by atoms with Crippen LogP contribution in [0.3, 0.4) is 0 Å². The summed E-state index contributed by atoms with van der Waals surface area (Å²) in [6.07, 6.45) is 11.1. The topological polar surface area (TPSA) is 15.3 Å². The lowest BCUT2D eigenvalue weighted by Gasteiger charge is -2.26. The minimum absolute atomic E-state index is 0. The smallest absolute Gasteiger partial charge is 0.0340 e. The lowest BCUT2D eigenvalue weighted by molar-refractivity contribution is 0.228. The van der Waals surface area contributed by atoms with E-state index in [0.29, 0.717) is 0 Å². The molecule has 132 valence electrons. The van der Waals surface area contributed by atoms with E-state index < -0.39 is 0 Å². The van der Waals surface area contributed by atoms with Gasteiger partial charge in [-0.25, -0.2) is 0 Å². The van der Waals surface area contributed by atoms with Crippen molar-refractivity contribution in [1.29, 1.82) is 0 Å². The average Bonchev–Trinajstić information content (AvgIpc) is 3.08. The Hall–Kier alpha value is -0.440. The fourth-order valence-electron chi connectivity index (χ4n) is 3.85. The highest BCUT2D eigenvalue weighted by atomic mass is 35.5. The third kappa shape index (κ3) is 6.52. The number of nitrogens with one attached hydrogen (secondary N) is 1. The molecule has 3 rings (SSSR count). The predicted molar refractivity (Wildman–Crippen MR) is 106 cm³/mol. The van der Waals surface area contributed by atoms with Crippen LogP contribution in [0.2, 0.25) is 0 Å². The summed E-state index contributed by atoms with van der Waals surface area (Å²) in [5.74, 6) is 0.832. The number of anilines is 1. The third-order valence-electron chi connectivity index (χ3n) is 5.17. The van der Waals surface area contributed by atoms with Gasteiger partial charge in [-0.2, -0.15) is 0 Å². The van der Waals surface area contributed by atoms with E-state index in [9.17, 15) is 0 Å². The van der Waals surface area contributed by atoms with Gasteiger partial charge in [-0.15, -0.1) is 24.8 Å². The number of hydrogen-bond donors (Lipinski definition) is 1. The fraction of sp³-hybridized carbons (Fsp3) is 0.684. The summed E-state index contributed by atoms with van der Waals surface area (Å²) in [4.78, 5) is 2.62. The SMILES string of the molecule is Cl.Cl.c1cc(C2CCCC2)ccc1NCCCN1CCCCC1. The van der Waals surface area contributed by atoms with Gasteiger partial charge in [0.1, 0.15) is 0 Å². The second kappa shape index (κ2) is 11.2. The number of piperidine rings is 1. The van der Waals surface area contributed by atoms with E-state index in [-0.39, 0.29) is 24.8 Å². The van der Waals surface area contributed by atoms with Gasteiger partial charge < -0.3 is 10.2 Å². The molecule has 1 saturated heterocycles. The summed E-state index contributed by atoms with van der Waals surface area (Å²) in [6.45, 7) is 4.98.